The van der Waals surface area contributed by atoms with Gasteiger partial charge < -0.3 is 9.47 Å². The van der Waals surface area contributed by atoms with Gasteiger partial charge in [-0.05, 0) is 44.8 Å². The molecule has 0 atom stereocenters. The number of hydrogen-bond acceptors (Lipinski definition) is 4. The summed E-state index contributed by atoms with van der Waals surface area (Å²) in [5.41, 5.74) is 1.61. The predicted molar refractivity (Wildman–Crippen MR) is 92.3 cm³/mol. The SMILES string of the molecule is CCOC(=O)C(CC=C=CC(C)C)(C/C=C\CCl)C(=O)OCC. The van der Waals surface area contributed by atoms with Gasteiger partial charge in [0.2, 0.25) is 0 Å². The van der Waals surface area contributed by atoms with E-state index in [1.165, 1.54) is 0 Å². The van der Waals surface area contributed by atoms with Gasteiger partial charge in [-0.3, -0.25) is 9.59 Å². The highest BCUT2D eigenvalue weighted by molar-refractivity contribution is 6.18. The Morgan fingerprint density at radius 3 is 2.09 bits per heavy atom. The summed E-state index contributed by atoms with van der Waals surface area (Å²) in [5, 5.41) is 0. The largest absolute Gasteiger partial charge is 0.465 e. The van der Waals surface area contributed by atoms with E-state index in [0.717, 1.165) is 0 Å². The lowest BCUT2D eigenvalue weighted by Gasteiger charge is -2.26. The number of alkyl halides is 1. The first kappa shape index (κ1) is 21.5. The van der Waals surface area contributed by atoms with E-state index in [-0.39, 0.29) is 26.1 Å². The van der Waals surface area contributed by atoms with Gasteiger partial charge in [-0.25, -0.2) is 0 Å². The van der Waals surface area contributed by atoms with Crippen LogP contribution in [0.3, 0.4) is 0 Å². The maximum Gasteiger partial charge on any atom is 0.324 e. The van der Waals surface area contributed by atoms with E-state index in [9.17, 15) is 9.59 Å². The van der Waals surface area contributed by atoms with Crippen molar-refractivity contribution in [2.24, 2.45) is 11.3 Å². The van der Waals surface area contributed by atoms with E-state index >= 15 is 0 Å². The van der Waals surface area contributed by atoms with Crippen molar-refractivity contribution < 1.29 is 19.1 Å². The lowest BCUT2D eigenvalue weighted by Crippen LogP contribution is -2.41. The summed E-state index contributed by atoms with van der Waals surface area (Å²) in [6.07, 6.45) is 7.30. The Hall–Kier alpha value is -1.51. The maximum absolute atomic E-state index is 12.5. The standard InChI is InChI=1S/C18H27ClO4/c1-5-22-16(20)18(13-9-10-14-19,17(21)23-6-2)12-8-7-11-15(3)4/h8-11,15H,5-6,12-14H2,1-4H3/b10-9-. The molecule has 0 heterocycles. The Morgan fingerprint density at radius 2 is 1.65 bits per heavy atom. The van der Waals surface area contributed by atoms with Crippen LogP contribution in [0.25, 0.3) is 0 Å². The first-order chi connectivity index (χ1) is 10.9. The van der Waals surface area contributed by atoms with Crippen LogP contribution in [0.5, 0.6) is 0 Å². The minimum absolute atomic E-state index is 0.167. The van der Waals surface area contributed by atoms with E-state index < -0.39 is 17.4 Å². The zero-order valence-corrected chi connectivity index (χ0v) is 15.2. The van der Waals surface area contributed by atoms with E-state index in [2.05, 4.69) is 5.73 Å². The van der Waals surface area contributed by atoms with Gasteiger partial charge in [0.15, 0.2) is 5.41 Å². The molecule has 0 radical (unpaired) electrons. The van der Waals surface area contributed by atoms with Gasteiger partial charge in [-0.2, -0.15) is 0 Å². The topological polar surface area (TPSA) is 52.6 Å². The van der Waals surface area contributed by atoms with Gasteiger partial charge in [-0.1, -0.05) is 26.0 Å². The van der Waals surface area contributed by atoms with Gasteiger partial charge in [0.1, 0.15) is 0 Å². The summed E-state index contributed by atoms with van der Waals surface area (Å²) < 4.78 is 10.2. The fraction of sp³-hybridized carbons (Fsp3) is 0.611. The Kier molecular flexibility index (Phi) is 11.2. The van der Waals surface area contributed by atoms with Gasteiger partial charge >= 0.3 is 11.9 Å². The zero-order chi connectivity index (χ0) is 17.7. The Bertz CT molecular complexity index is 442. The third-order valence-electron chi connectivity index (χ3n) is 3.05. The molecule has 5 heteroatoms. The molecule has 0 rings (SSSR count). The summed E-state index contributed by atoms with van der Waals surface area (Å²) in [7, 11) is 0. The molecule has 0 spiro atoms. The van der Waals surface area contributed by atoms with Gasteiger partial charge in [0.25, 0.3) is 0 Å². The third-order valence-corrected chi connectivity index (χ3v) is 3.23. The molecule has 0 aliphatic carbocycles. The molecular formula is C18H27ClO4. The minimum atomic E-state index is -1.40. The van der Waals surface area contributed by atoms with Crippen molar-refractivity contribution in [2.45, 2.75) is 40.5 Å². The molecule has 0 unspecified atom stereocenters. The van der Waals surface area contributed by atoms with Gasteiger partial charge in [0.05, 0.1) is 13.2 Å². The summed E-state index contributed by atoms with van der Waals surface area (Å²) in [6.45, 7) is 7.85. The maximum atomic E-state index is 12.5. The Morgan fingerprint density at radius 1 is 1.09 bits per heavy atom. The molecule has 0 aromatic carbocycles. The Labute approximate surface area is 144 Å². The van der Waals surface area contributed by atoms with Crippen LogP contribution in [-0.4, -0.2) is 31.0 Å². The molecule has 0 aromatic rings. The second-order valence-corrected chi connectivity index (χ2v) is 5.65. The molecule has 4 nitrogen and oxygen atoms in total. The number of halogens is 1. The van der Waals surface area contributed by atoms with Crippen LogP contribution < -0.4 is 0 Å². The van der Waals surface area contributed by atoms with Crippen LogP contribution in [0.15, 0.2) is 30.0 Å². The van der Waals surface area contributed by atoms with E-state index in [1.807, 2.05) is 19.9 Å². The van der Waals surface area contributed by atoms with Crippen LogP contribution >= 0.6 is 11.6 Å². The second kappa shape index (κ2) is 12.0. The van der Waals surface area contributed by atoms with Crippen molar-refractivity contribution in [1.82, 2.24) is 0 Å². The van der Waals surface area contributed by atoms with Gasteiger partial charge in [0, 0.05) is 5.88 Å². The Balaban J connectivity index is 5.61. The highest BCUT2D eigenvalue weighted by atomic mass is 35.5. The number of rotatable bonds is 10. The first-order valence-electron chi connectivity index (χ1n) is 7.91. The van der Waals surface area contributed by atoms with Crippen LogP contribution in [-0.2, 0) is 19.1 Å². The molecule has 0 N–H and O–H groups in total. The van der Waals surface area contributed by atoms with Crippen LogP contribution in [0.4, 0.5) is 0 Å². The smallest absolute Gasteiger partial charge is 0.324 e. The van der Waals surface area contributed by atoms with Gasteiger partial charge in [-0.15, -0.1) is 17.3 Å². The van der Waals surface area contributed by atoms with Crippen molar-refractivity contribution in [3.05, 3.63) is 30.0 Å². The molecule has 0 aromatic heterocycles. The van der Waals surface area contributed by atoms with Crippen molar-refractivity contribution in [2.75, 3.05) is 19.1 Å². The first-order valence-corrected chi connectivity index (χ1v) is 8.44. The number of carbonyl (C=O) groups is 2. The van der Waals surface area contributed by atoms with E-state index in [4.69, 9.17) is 21.1 Å². The van der Waals surface area contributed by atoms with Crippen molar-refractivity contribution in [3.8, 4) is 0 Å². The molecule has 0 saturated carbocycles. The minimum Gasteiger partial charge on any atom is -0.465 e. The summed E-state index contributed by atoms with van der Waals surface area (Å²) in [4.78, 5) is 24.9. The normalized spacial score (nSPS) is 11.2. The summed E-state index contributed by atoms with van der Waals surface area (Å²) in [5.74, 6) is -0.521. The molecule has 0 saturated heterocycles. The number of esters is 2. The van der Waals surface area contributed by atoms with Crippen LogP contribution in [0.1, 0.15) is 40.5 Å². The third kappa shape index (κ3) is 7.54. The zero-order valence-electron chi connectivity index (χ0n) is 14.4. The fourth-order valence-corrected chi connectivity index (χ4v) is 2.01. The average molecular weight is 343 g/mol. The molecule has 0 fully saturated rings. The monoisotopic (exact) mass is 342 g/mol. The molecule has 0 aliphatic heterocycles. The lowest BCUT2D eigenvalue weighted by atomic mass is 9.80. The quantitative estimate of drug-likeness (QED) is 0.198. The highest BCUT2D eigenvalue weighted by Crippen LogP contribution is 2.32. The van der Waals surface area contributed by atoms with E-state index in [0.29, 0.717) is 11.8 Å². The van der Waals surface area contributed by atoms with Crippen molar-refractivity contribution in [3.63, 3.8) is 0 Å². The molecule has 130 valence electrons. The predicted octanol–water partition coefficient (Wildman–Crippen LogP) is 4.04. The van der Waals surface area contributed by atoms with Crippen molar-refractivity contribution in [1.29, 1.82) is 0 Å². The van der Waals surface area contributed by atoms with Crippen LogP contribution in [0, 0.1) is 11.3 Å². The molecule has 23 heavy (non-hydrogen) atoms. The molecular weight excluding hydrogens is 316 g/mol. The van der Waals surface area contributed by atoms with Crippen LogP contribution in [0.2, 0.25) is 0 Å². The summed E-state index contributed by atoms with van der Waals surface area (Å²) in [6, 6.07) is 0. The molecule has 0 bridgehead atoms. The number of allylic oxidation sites excluding steroid dienone is 3. The fourth-order valence-electron chi connectivity index (χ4n) is 1.88. The molecule has 0 aliphatic rings. The summed E-state index contributed by atoms with van der Waals surface area (Å²) >= 11 is 5.63. The number of ether oxygens (including phenoxy) is 2. The number of hydrogen-bond donors (Lipinski definition) is 0. The lowest BCUT2D eigenvalue weighted by molar-refractivity contribution is -0.171. The second-order valence-electron chi connectivity index (χ2n) is 5.34. The van der Waals surface area contributed by atoms with E-state index in [1.54, 1.807) is 32.1 Å². The molecule has 0 amide bonds. The van der Waals surface area contributed by atoms with Crippen molar-refractivity contribution >= 4 is 23.5 Å². The number of carbonyl (C=O) groups excluding carboxylic acids is 2. The highest BCUT2D eigenvalue weighted by Gasteiger charge is 2.47. The average Bonchev–Trinajstić information content (AvgIpc) is 2.50.